The number of halogens is 1. The zero-order valence-corrected chi connectivity index (χ0v) is 16.5. The smallest absolute Gasteiger partial charge is 0.208 e. The lowest BCUT2D eigenvalue weighted by atomic mass is 9.98. The zero-order chi connectivity index (χ0) is 28.6. The summed E-state index contributed by atoms with van der Waals surface area (Å²) in [6.07, 6.45) is 0. The van der Waals surface area contributed by atoms with Gasteiger partial charge < -0.3 is 0 Å². The molecule has 0 bridgehead atoms. The lowest BCUT2D eigenvalue weighted by Gasteiger charge is -2.10. The van der Waals surface area contributed by atoms with Gasteiger partial charge in [0, 0.05) is 11.1 Å². The van der Waals surface area contributed by atoms with Gasteiger partial charge in [0.15, 0.2) is 11.6 Å². The number of hydrogen-bond acceptors (Lipinski definition) is 3. The molecule has 0 N–H and O–H groups in total. The van der Waals surface area contributed by atoms with Crippen molar-refractivity contribution in [3.05, 3.63) is 102 Å². The maximum Gasteiger partial charge on any atom is 0.226 e. The van der Waals surface area contributed by atoms with E-state index in [0.717, 1.165) is 10.8 Å². The van der Waals surface area contributed by atoms with Gasteiger partial charge in [0.05, 0.1) is 12.3 Å². The van der Waals surface area contributed by atoms with E-state index in [2.05, 4.69) is 15.0 Å². The van der Waals surface area contributed by atoms with Gasteiger partial charge in [-0.15, -0.1) is 0 Å². The molecule has 1 aromatic heterocycles. The molecule has 0 saturated carbocycles. The van der Waals surface area contributed by atoms with Gasteiger partial charge in [0.2, 0.25) is 5.28 Å². The molecule has 0 aliphatic carbocycles. The van der Waals surface area contributed by atoms with E-state index in [9.17, 15) is 0 Å². The molecule has 1 heterocycles. The summed E-state index contributed by atoms with van der Waals surface area (Å²) in [6, 6.07) is 8.33. The van der Waals surface area contributed by atoms with Crippen LogP contribution < -0.4 is 0 Å². The molecule has 146 valence electrons. The van der Waals surface area contributed by atoms with Gasteiger partial charge in [-0.3, -0.25) is 0 Å². The average molecular weight is 427 g/mol. The highest BCUT2D eigenvalue weighted by molar-refractivity contribution is 6.28. The van der Waals surface area contributed by atoms with Gasteiger partial charge in [-0.25, -0.2) is 4.98 Å². The van der Waals surface area contributed by atoms with Crippen LogP contribution in [0.5, 0.6) is 0 Å². The van der Waals surface area contributed by atoms with Crippen molar-refractivity contribution in [2.45, 2.75) is 0 Å². The average Bonchev–Trinajstić information content (AvgIpc) is 2.95. The molecule has 0 aliphatic heterocycles. The van der Waals surface area contributed by atoms with Crippen molar-refractivity contribution in [1.29, 1.82) is 0 Å². The van der Waals surface area contributed by atoms with Crippen molar-refractivity contribution in [2.75, 3.05) is 0 Å². The van der Waals surface area contributed by atoms with Crippen molar-refractivity contribution < 1.29 is 12.3 Å². The number of hydrogen-bond donors (Lipinski definition) is 0. The molecule has 0 spiro atoms. The summed E-state index contributed by atoms with van der Waals surface area (Å²) >= 11 is 6.33. The predicted molar refractivity (Wildman–Crippen MR) is 128 cm³/mol. The van der Waals surface area contributed by atoms with Crippen LogP contribution in [0.25, 0.3) is 55.1 Å². The molecule has 0 aliphatic rings. The highest BCUT2D eigenvalue weighted by Crippen LogP contribution is 2.33. The normalized spacial score (nSPS) is 15.5. The Morgan fingerprint density at radius 2 is 1.32 bits per heavy atom. The fourth-order valence-corrected chi connectivity index (χ4v) is 3.77. The minimum atomic E-state index is -0.584. The molecule has 0 radical (unpaired) electrons. The molecule has 5 aromatic carbocycles. The molecule has 0 fully saturated rings. The number of aromatic nitrogens is 3. The molecule has 0 amide bonds. The first-order chi connectivity index (χ1) is 19.0. The quantitative estimate of drug-likeness (QED) is 0.272. The number of fused-ring (bicyclic) bond motifs is 4. The minimum absolute atomic E-state index is 0.153. The largest absolute Gasteiger partial charge is 0.226 e. The van der Waals surface area contributed by atoms with Crippen LogP contribution in [0.1, 0.15) is 12.3 Å². The van der Waals surface area contributed by atoms with Crippen LogP contribution >= 0.6 is 11.6 Å². The molecule has 0 atom stereocenters. The van der Waals surface area contributed by atoms with E-state index in [0.29, 0.717) is 5.56 Å². The van der Waals surface area contributed by atoms with E-state index in [1.807, 2.05) is 36.4 Å². The molecule has 4 heteroatoms. The van der Waals surface area contributed by atoms with Crippen molar-refractivity contribution in [1.82, 2.24) is 15.0 Å². The van der Waals surface area contributed by atoms with Crippen LogP contribution in [0.4, 0.5) is 0 Å². The monoisotopic (exact) mass is 426 g/mol. The first kappa shape index (κ1) is 11.0. The SMILES string of the molecule is [2H]c1c([2H])c([2H])c2c(c1[2H])c([2H])c([2H])c1c(-c3nc(Cl)nc(-c4cccc5ccccc45)n3)c([2H])c([2H])c([2H])c12. The third-order valence-electron chi connectivity index (χ3n) is 4.99. The van der Waals surface area contributed by atoms with Gasteiger partial charge in [-0.05, 0) is 43.9 Å². The highest BCUT2D eigenvalue weighted by Gasteiger charge is 2.14. The van der Waals surface area contributed by atoms with E-state index in [1.165, 1.54) is 0 Å². The summed E-state index contributed by atoms with van der Waals surface area (Å²) in [6.45, 7) is 0. The number of rotatable bonds is 2. The fourth-order valence-electron chi connectivity index (χ4n) is 3.61. The van der Waals surface area contributed by atoms with E-state index in [-0.39, 0.29) is 44.0 Å². The molecule has 6 aromatic rings. The van der Waals surface area contributed by atoms with E-state index in [4.69, 9.17) is 23.9 Å². The number of nitrogens with zero attached hydrogens (tertiary/aromatic N) is 3. The Hall–Kier alpha value is -3.82. The molecule has 0 unspecified atom stereocenters. The van der Waals surface area contributed by atoms with E-state index in [1.54, 1.807) is 6.07 Å². The lowest BCUT2D eigenvalue weighted by Crippen LogP contribution is -1.98. The second kappa shape index (κ2) is 7.15. The van der Waals surface area contributed by atoms with Crippen LogP contribution in [0, 0.1) is 0 Å². The molecule has 6 rings (SSSR count). The Bertz CT molecular complexity index is 2080. The molecule has 0 saturated heterocycles. The van der Waals surface area contributed by atoms with E-state index >= 15 is 0 Å². The Kier molecular flexibility index (Phi) is 2.53. The summed E-state index contributed by atoms with van der Waals surface area (Å²) in [4.78, 5) is 13.0. The highest BCUT2D eigenvalue weighted by atomic mass is 35.5. The Labute approximate surface area is 196 Å². The third kappa shape index (κ3) is 3.02. The van der Waals surface area contributed by atoms with E-state index < -0.39 is 54.4 Å². The summed E-state index contributed by atoms with van der Waals surface area (Å²) in [7, 11) is 0. The van der Waals surface area contributed by atoms with Crippen molar-refractivity contribution in [3.63, 3.8) is 0 Å². The Morgan fingerprint density at radius 1 is 0.548 bits per heavy atom. The maximum atomic E-state index is 8.82. The van der Waals surface area contributed by atoms with Crippen molar-refractivity contribution >= 4 is 43.9 Å². The Morgan fingerprint density at radius 3 is 2.26 bits per heavy atom. The molecular weight excluding hydrogens is 402 g/mol. The summed E-state index contributed by atoms with van der Waals surface area (Å²) in [5.74, 6) is 0.000634. The first-order valence-corrected chi connectivity index (χ1v) is 9.73. The topological polar surface area (TPSA) is 38.7 Å². The van der Waals surface area contributed by atoms with Gasteiger partial charge >= 0.3 is 0 Å². The molecular formula is C27H16ClN3. The summed E-state index contributed by atoms with van der Waals surface area (Å²) < 4.78 is 76.5. The van der Waals surface area contributed by atoms with Gasteiger partial charge in [0.1, 0.15) is 0 Å². The predicted octanol–water partition coefficient (Wildman–Crippen LogP) is 7.32. The van der Waals surface area contributed by atoms with Crippen LogP contribution in [-0.4, -0.2) is 15.0 Å². The second-order valence-corrected chi connectivity index (χ2v) is 7.12. The number of benzene rings is 5. The lowest BCUT2D eigenvalue weighted by molar-refractivity contribution is 1.07. The minimum Gasteiger partial charge on any atom is -0.208 e. The zero-order valence-electron chi connectivity index (χ0n) is 24.8. The van der Waals surface area contributed by atoms with Gasteiger partial charge in [-0.1, -0.05) is 96.8 Å². The second-order valence-electron chi connectivity index (χ2n) is 6.78. The third-order valence-corrected chi connectivity index (χ3v) is 5.16. The van der Waals surface area contributed by atoms with Crippen molar-refractivity contribution in [3.8, 4) is 22.8 Å². The Balaban J connectivity index is 1.79. The van der Waals surface area contributed by atoms with Crippen LogP contribution in [-0.2, 0) is 0 Å². The van der Waals surface area contributed by atoms with Crippen LogP contribution in [0.3, 0.4) is 0 Å². The summed E-state index contributed by atoms with van der Waals surface area (Å²) in [5.41, 5.74) is 0.462. The molecule has 31 heavy (non-hydrogen) atoms. The van der Waals surface area contributed by atoms with Crippen LogP contribution in [0.15, 0.2) is 96.8 Å². The molecule has 3 nitrogen and oxygen atoms in total. The van der Waals surface area contributed by atoms with Gasteiger partial charge in [0.25, 0.3) is 0 Å². The fraction of sp³-hybridized carbons (Fsp3) is 0. The standard InChI is InChI=1S/C27H16ClN3/c28-27-30-25(23-13-5-9-17-7-1-4-11-20(17)23)29-26(31-27)24-14-6-12-21-19-10-3-2-8-18(19)15-16-22(21)24/h1-16H/i2D,3D,6D,8D,10D,12D,14D,15D,16D. The maximum absolute atomic E-state index is 8.82. The summed E-state index contributed by atoms with van der Waals surface area (Å²) in [5, 5.41) is 0.781. The van der Waals surface area contributed by atoms with Gasteiger partial charge in [-0.2, -0.15) is 9.97 Å². The van der Waals surface area contributed by atoms with Crippen LogP contribution in [0.2, 0.25) is 5.28 Å². The first-order valence-electron chi connectivity index (χ1n) is 13.9. The van der Waals surface area contributed by atoms with Crippen molar-refractivity contribution in [2.24, 2.45) is 0 Å².